The first-order chi connectivity index (χ1) is 13.6. The monoisotopic (exact) mass is 392 g/mol. The number of benzene rings is 1. The Hall–Kier alpha value is -3.13. The zero-order valence-electron chi connectivity index (χ0n) is 15.6. The fourth-order valence-corrected chi connectivity index (χ4v) is 1.81. The van der Waals surface area contributed by atoms with E-state index < -0.39 is 17.9 Å². The number of carbonyl (C=O) groups is 3. The smallest absolute Gasteiger partial charge is 0.338 e. The minimum Gasteiger partial charge on any atom is -0.493 e. The molecule has 1 aromatic carbocycles. The third-order valence-corrected chi connectivity index (χ3v) is 3.16. The van der Waals surface area contributed by atoms with Gasteiger partial charge >= 0.3 is 17.9 Å². The van der Waals surface area contributed by atoms with Crippen LogP contribution in [0.25, 0.3) is 0 Å². The molecule has 1 aromatic rings. The van der Waals surface area contributed by atoms with Crippen LogP contribution in [0.1, 0.15) is 16.8 Å². The lowest BCUT2D eigenvalue weighted by Crippen LogP contribution is -2.14. The van der Waals surface area contributed by atoms with Gasteiger partial charge in [-0.2, -0.15) is 0 Å². The summed E-state index contributed by atoms with van der Waals surface area (Å²) in [5.41, 5.74) is 0.382. The van der Waals surface area contributed by atoms with Crippen molar-refractivity contribution in [2.24, 2.45) is 0 Å². The first kappa shape index (κ1) is 22.9. The van der Waals surface area contributed by atoms with Crippen LogP contribution >= 0.6 is 0 Å². The van der Waals surface area contributed by atoms with Crippen molar-refractivity contribution in [3.8, 4) is 5.75 Å². The van der Waals surface area contributed by atoms with Gasteiger partial charge in [0.05, 0.1) is 32.0 Å². The highest BCUT2D eigenvalue weighted by Crippen LogP contribution is 2.13. The molecule has 28 heavy (non-hydrogen) atoms. The number of hydrogen-bond donors (Lipinski definition) is 0. The summed E-state index contributed by atoms with van der Waals surface area (Å²) >= 11 is 0. The zero-order valence-corrected chi connectivity index (χ0v) is 15.6. The first-order valence-corrected chi connectivity index (χ1v) is 8.63. The van der Waals surface area contributed by atoms with Crippen LogP contribution in [0, 0.1) is 0 Å². The fourth-order valence-electron chi connectivity index (χ4n) is 1.81. The van der Waals surface area contributed by atoms with Gasteiger partial charge in [-0.15, -0.1) is 0 Å². The van der Waals surface area contributed by atoms with E-state index in [4.69, 9.17) is 23.7 Å². The predicted molar refractivity (Wildman–Crippen MR) is 100.0 cm³/mol. The van der Waals surface area contributed by atoms with Crippen molar-refractivity contribution in [1.29, 1.82) is 0 Å². The molecule has 0 aliphatic rings. The summed E-state index contributed by atoms with van der Waals surface area (Å²) < 4.78 is 25.3. The van der Waals surface area contributed by atoms with Gasteiger partial charge in [0.15, 0.2) is 0 Å². The van der Waals surface area contributed by atoms with E-state index in [1.807, 2.05) is 0 Å². The quantitative estimate of drug-likeness (QED) is 0.205. The summed E-state index contributed by atoms with van der Waals surface area (Å²) in [5.74, 6) is -0.878. The summed E-state index contributed by atoms with van der Waals surface area (Å²) in [6.45, 7) is 7.77. The second-order valence-electron chi connectivity index (χ2n) is 5.22. The molecule has 0 fully saturated rings. The van der Waals surface area contributed by atoms with Crippen molar-refractivity contribution in [2.45, 2.75) is 6.42 Å². The molecule has 0 bridgehead atoms. The predicted octanol–water partition coefficient (Wildman–Crippen LogP) is 2.09. The first-order valence-electron chi connectivity index (χ1n) is 8.63. The van der Waals surface area contributed by atoms with Crippen molar-refractivity contribution >= 4 is 17.9 Å². The Morgan fingerprint density at radius 1 is 0.750 bits per heavy atom. The molecular formula is C20H24O8. The Balaban J connectivity index is 2.16. The normalized spacial score (nSPS) is 9.86. The van der Waals surface area contributed by atoms with E-state index in [0.29, 0.717) is 24.3 Å². The molecule has 0 aliphatic carbocycles. The van der Waals surface area contributed by atoms with Crippen LogP contribution in [0.3, 0.4) is 0 Å². The van der Waals surface area contributed by atoms with Crippen molar-refractivity contribution in [2.75, 3.05) is 39.6 Å². The standard InChI is InChI=1S/C20H24O8/c1-3-18(21)26-11-5-10-25-17-8-6-16(7-9-17)20(23)28-15-13-24-12-14-27-19(22)4-2/h3-4,6-9H,1-2,5,10-15H2. The van der Waals surface area contributed by atoms with Gasteiger partial charge in [-0.1, -0.05) is 13.2 Å². The lowest BCUT2D eigenvalue weighted by molar-refractivity contribution is -0.139. The van der Waals surface area contributed by atoms with E-state index in [-0.39, 0.29) is 33.0 Å². The minimum absolute atomic E-state index is 0.0793. The zero-order chi connectivity index (χ0) is 20.6. The third kappa shape index (κ3) is 10.1. The molecule has 0 N–H and O–H groups in total. The summed E-state index contributed by atoms with van der Waals surface area (Å²) in [5, 5.41) is 0. The van der Waals surface area contributed by atoms with Crippen molar-refractivity contribution in [3.05, 3.63) is 55.1 Å². The molecule has 0 heterocycles. The van der Waals surface area contributed by atoms with Gasteiger partial charge in [0.25, 0.3) is 0 Å². The number of esters is 3. The van der Waals surface area contributed by atoms with Crippen LogP contribution in [0.2, 0.25) is 0 Å². The molecule has 0 amide bonds. The highest BCUT2D eigenvalue weighted by molar-refractivity contribution is 5.89. The average molecular weight is 392 g/mol. The molecule has 0 aliphatic heterocycles. The number of hydrogen-bond acceptors (Lipinski definition) is 8. The second kappa shape index (κ2) is 14.0. The number of ether oxygens (including phenoxy) is 5. The maximum atomic E-state index is 11.9. The van der Waals surface area contributed by atoms with Crippen LogP contribution < -0.4 is 4.74 Å². The molecule has 0 aromatic heterocycles. The Bertz CT molecular complexity index is 651. The SMILES string of the molecule is C=CC(=O)OCCCOc1ccc(C(=O)OCCOCCOC(=O)C=C)cc1. The van der Waals surface area contributed by atoms with Gasteiger partial charge < -0.3 is 23.7 Å². The molecule has 0 atom stereocenters. The summed E-state index contributed by atoms with van der Waals surface area (Å²) in [6, 6.07) is 6.48. The van der Waals surface area contributed by atoms with Crippen LogP contribution in [0.15, 0.2) is 49.6 Å². The molecule has 0 radical (unpaired) electrons. The molecule has 1 rings (SSSR count). The van der Waals surface area contributed by atoms with Gasteiger partial charge in [-0.25, -0.2) is 14.4 Å². The fraction of sp³-hybridized carbons (Fsp3) is 0.350. The van der Waals surface area contributed by atoms with Crippen molar-refractivity contribution < 1.29 is 38.1 Å². The second-order valence-corrected chi connectivity index (χ2v) is 5.22. The average Bonchev–Trinajstić information content (AvgIpc) is 2.72. The number of rotatable bonds is 14. The van der Waals surface area contributed by atoms with E-state index in [9.17, 15) is 14.4 Å². The van der Waals surface area contributed by atoms with Crippen molar-refractivity contribution in [1.82, 2.24) is 0 Å². The molecule has 0 spiro atoms. The van der Waals surface area contributed by atoms with E-state index in [2.05, 4.69) is 13.2 Å². The summed E-state index contributed by atoms with van der Waals surface area (Å²) in [4.78, 5) is 33.6. The largest absolute Gasteiger partial charge is 0.493 e. The van der Waals surface area contributed by atoms with E-state index in [1.54, 1.807) is 24.3 Å². The molecule has 8 heteroatoms. The van der Waals surface area contributed by atoms with E-state index in [0.717, 1.165) is 12.2 Å². The summed E-state index contributed by atoms with van der Waals surface area (Å²) in [6.07, 6.45) is 2.71. The van der Waals surface area contributed by atoms with Crippen LogP contribution in [-0.4, -0.2) is 57.5 Å². The molecule has 0 saturated carbocycles. The molecule has 152 valence electrons. The lowest BCUT2D eigenvalue weighted by Gasteiger charge is -2.08. The Morgan fingerprint density at radius 2 is 1.32 bits per heavy atom. The van der Waals surface area contributed by atoms with Crippen LogP contribution in [0.4, 0.5) is 0 Å². The van der Waals surface area contributed by atoms with Crippen molar-refractivity contribution in [3.63, 3.8) is 0 Å². The topological polar surface area (TPSA) is 97.4 Å². The Labute approximate surface area is 163 Å². The highest BCUT2D eigenvalue weighted by atomic mass is 16.6. The van der Waals surface area contributed by atoms with Gasteiger partial charge in [0.2, 0.25) is 0 Å². The molecule has 0 saturated heterocycles. The van der Waals surface area contributed by atoms with Gasteiger partial charge in [-0.3, -0.25) is 0 Å². The number of carbonyl (C=O) groups excluding carboxylic acids is 3. The molecule has 8 nitrogen and oxygen atoms in total. The lowest BCUT2D eigenvalue weighted by atomic mass is 10.2. The Morgan fingerprint density at radius 3 is 1.93 bits per heavy atom. The maximum absolute atomic E-state index is 11.9. The third-order valence-electron chi connectivity index (χ3n) is 3.16. The van der Waals surface area contributed by atoms with Gasteiger partial charge in [0, 0.05) is 18.6 Å². The Kier molecular flexibility index (Phi) is 11.4. The summed E-state index contributed by atoms with van der Waals surface area (Å²) in [7, 11) is 0. The van der Waals surface area contributed by atoms with E-state index in [1.165, 1.54) is 0 Å². The molecular weight excluding hydrogens is 368 g/mol. The van der Waals surface area contributed by atoms with Crippen LogP contribution in [-0.2, 0) is 28.5 Å². The van der Waals surface area contributed by atoms with E-state index >= 15 is 0 Å². The van der Waals surface area contributed by atoms with Gasteiger partial charge in [0.1, 0.15) is 19.0 Å². The minimum atomic E-state index is -0.515. The van der Waals surface area contributed by atoms with Crippen LogP contribution in [0.5, 0.6) is 5.75 Å². The van der Waals surface area contributed by atoms with Gasteiger partial charge in [-0.05, 0) is 24.3 Å². The highest BCUT2D eigenvalue weighted by Gasteiger charge is 2.07. The maximum Gasteiger partial charge on any atom is 0.338 e. The molecule has 0 unspecified atom stereocenters.